The molecule has 1 aromatic rings. The van der Waals surface area contributed by atoms with Gasteiger partial charge in [-0.15, -0.1) is 0 Å². The first-order valence-electron chi connectivity index (χ1n) is 4.91. The van der Waals surface area contributed by atoms with Crippen LogP contribution >= 0.6 is 0 Å². The molecule has 96 valence electrons. The molecule has 1 N–H and O–H groups in total. The second-order valence-corrected chi connectivity index (χ2v) is 5.29. The van der Waals surface area contributed by atoms with Crippen LogP contribution in [0.1, 0.15) is 10.4 Å². The van der Waals surface area contributed by atoms with Crippen LogP contribution in [0.15, 0.2) is 29.2 Å². The lowest BCUT2D eigenvalue weighted by atomic mass is 10.2. The van der Waals surface area contributed by atoms with E-state index in [9.17, 15) is 18.0 Å². The normalized spacial score (nSPS) is 16.5. The largest absolute Gasteiger partial charge is 0.437 e. The number of carbonyl (C=O) groups excluding carboxylic acids is 2. The molecule has 0 aliphatic carbocycles. The third-order valence-electron chi connectivity index (χ3n) is 2.41. The van der Waals surface area contributed by atoms with Crippen molar-refractivity contribution in [2.45, 2.75) is 4.90 Å². The van der Waals surface area contributed by atoms with E-state index in [0.717, 1.165) is 0 Å². The Balaban J connectivity index is 2.37. The Kier molecular flexibility index (Phi) is 3.05. The summed E-state index contributed by atoms with van der Waals surface area (Å²) < 4.78 is 28.6. The van der Waals surface area contributed by atoms with Crippen molar-refractivity contribution in [3.05, 3.63) is 29.8 Å². The molecule has 7 nitrogen and oxygen atoms in total. The first kappa shape index (κ1) is 12.5. The third-order valence-corrected chi connectivity index (χ3v) is 4.20. The fourth-order valence-electron chi connectivity index (χ4n) is 1.62. The predicted octanol–water partition coefficient (Wildman–Crippen LogP) is -0.676. The number of rotatable bonds is 3. The molecule has 0 atom stereocenters. The van der Waals surface area contributed by atoms with Crippen LogP contribution in [0.25, 0.3) is 0 Å². The summed E-state index contributed by atoms with van der Waals surface area (Å²) in [6, 6.07) is 5.67. The minimum absolute atomic E-state index is 0.0225. The number of carbonyl (C=O) groups is 2. The summed E-state index contributed by atoms with van der Waals surface area (Å²) in [5.74, 6) is -1.78. The highest BCUT2D eigenvalue weighted by Gasteiger charge is 2.42. The molecule has 0 unspecified atom stereocenters. The number of aliphatic hydroxyl groups is 1. The van der Waals surface area contributed by atoms with Crippen LogP contribution in [0.2, 0.25) is 0 Å². The van der Waals surface area contributed by atoms with E-state index in [0.29, 0.717) is 4.31 Å². The first-order chi connectivity index (χ1) is 8.48. The van der Waals surface area contributed by atoms with Crippen molar-refractivity contribution in [1.82, 2.24) is 4.31 Å². The molecule has 1 aliphatic heterocycles. The molecule has 0 saturated heterocycles. The third kappa shape index (κ3) is 1.85. The van der Waals surface area contributed by atoms with Crippen molar-refractivity contribution < 1.29 is 27.9 Å². The van der Waals surface area contributed by atoms with Gasteiger partial charge in [0, 0.05) is 0 Å². The Morgan fingerprint density at radius 1 is 1.33 bits per heavy atom. The Morgan fingerprint density at radius 3 is 2.61 bits per heavy atom. The zero-order chi connectivity index (χ0) is 13.3. The number of benzene rings is 1. The second-order valence-electron chi connectivity index (χ2n) is 3.46. The highest BCUT2D eigenvalue weighted by atomic mass is 32.2. The summed E-state index contributed by atoms with van der Waals surface area (Å²) in [6.45, 7) is -1.62. The lowest BCUT2D eigenvalue weighted by Crippen LogP contribution is -2.35. The van der Waals surface area contributed by atoms with Gasteiger partial charge in [-0.1, -0.05) is 12.1 Å². The Labute approximate surface area is 103 Å². The van der Waals surface area contributed by atoms with Crippen LogP contribution in [0.3, 0.4) is 0 Å². The average molecular weight is 271 g/mol. The van der Waals surface area contributed by atoms with Gasteiger partial charge in [0.25, 0.3) is 15.9 Å². The van der Waals surface area contributed by atoms with Gasteiger partial charge < -0.3 is 9.84 Å². The molecule has 0 saturated carbocycles. The second kappa shape index (κ2) is 4.39. The fourth-order valence-corrected chi connectivity index (χ4v) is 3.14. The molecule has 1 aromatic carbocycles. The minimum Gasteiger partial charge on any atom is -0.437 e. The number of amides is 1. The van der Waals surface area contributed by atoms with E-state index in [2.05, 4.69) is 4.74 Å². The number of esters is 1. The number of nitrogens with zero attached hydrogens (tertiary/aromatic N) is 1. The van der Waals surface area contributed by atoms with Gasteiger partial charge in [-0.3, -0.25) is 9.59 Å². The van der Waals surface area contributed by atoms with E-state index in [1.165, 1.54) is 24.3 Å². The summed E-state index contributed by atoms with van der Waals surface area (Å²) in [4.78, 5) is 22.8. The van der Waals surface area contributed by atoms with Gasteiger partial charge in [0.2, 0.25) is 0 Å². The lowest BCUT2D eigenvalue weighted by molar-refractivity contribution is -0.151. The van der Waals surface area contributed by atoms with E-state index < -0.39 is 35.2 Å². The maximum atomic E-state index is 12.0. The molecule has 2 rings (SSSR count). The molecule has 1 aliphatic rings. The first-order valence-corrected chi connectivity index (χ1v) is 6.35. The molecule has 0 radical (unpaired) electrons. The minimum atomic E-state index is -4.01. The topological polar surface area (TPSA) is 101 Å². The van der Waals surface area contributed by atoms with Crippen LogP contribution in [-0.2, 0) is 19.6 Å². The van der Waals surface area contributed by atoms with Crippen molar-refractivity contribution in [3.8, 4) is 0 Å². The van der Waals surface area contributed by atoms with Gasteiger partial charge in [0.15, 0.2) is 6.79 Å². The molecule has 8 heteroatoms. The maximum Gasteiger partial charge on any atom is 0.329 e. The quantitative estimate of drug-likeness (QED) is 0.577. The van der Waals surface area contributed by atoms with E-state index in [1.807, 2.05) is 0 Å². The molecule has 1 heterocycles. The van der Waals surface area contributed by atoms with Crippen LogP contribution in [0, 0.1) is 0 Å². The zero-order valence-corrected chi connectivity index (χ0v) is 9.88. The highest BCUT2D eigenvalue weighted by molar-refractivity contribution is 7.90. The average Bonchev–Trinajstić information content (AvgIpc) is 2.52. The van der Waals surface area contributed by atoms with Crippen molar-refractivity contribution in [2.24, 2.45) is 0 Å². The van der Waals surface area contributed by atoms with Crippen molar-refractivity contribution in [3.63, 3.8) is 0 Å². The number of fused-ring (bicyclic) bond motifs is 1. The molecular formula is C10H9NO6S. The van der Waals surface area contributed by atoms with Gasteiger partial charge >= 0.3 is 5.97 Å². The molecular weight excluding hydrogens is 262 g/mol. The Morgan fingerprint density at radius 2 is 2.00 bits per heavy atom. The van der Waals surface area contributed by atoms with Crippen molar-refractivity contribution >= 4 is 21.9 Å². The number of sulfonamides is 1. The summed E-state index contributed by atoms with van der Waals surface area (Å²) >= 11 is 0. The molecule has 18 heavy (non-hydrogen) atoms. The van der Waals surface area contributed by atoms with Crippen LogP contribution in [0.5, 0.6) is 0 Å². The maximum absolute atomic E-state index is 12.0. The number of aliphatic hydroxyl groups excluding tert-OH is 1. The van der Waals surface area contributed by atoms with Crippen LogP contribution in [-0.4, -0.2) is 43.0 Å². The van der Waals surface area contributed by atoms with Crippen molar-refractivity contribution in [1.29, 1.82) is 0 Å². The summed E-state index contributed by atoms with van der Waals surface area (Å²) in [6.07, 6.45) is 0. The smallest absolute Gasteiger partial charge is 0.329 e. The van der Waals surface area contributed by atoms with E-state index in [4.69, 9.17) is 5.11 Å². The summed E-state index contributed by atoms with van der Waals surface area (Å²) in [5, 5.41) is 8.38. The molecule has 0 bridgehead atoms. The molecule has 0 fully saturated rings. The van der Waals surface area contributed by atoms with Gasteiger partial charge in [-0.05, 0) is 12.1 Å². The monoisotopic (exact) mass is 271 g/mol. The molecule has 0 aromatic heterocycles. The lowest BCUT2D eigenvalue weighted by Gasteiger charge is -2.13. The standard InChI is InChI=1S/C10H9NO6S/c12-6-17-9(13)5-11-10(14)7-3-1-2-4-8(7)18(11,15)16/h1-4,12H,5-6H2. The number of ether oxygens (including phenoxy) is 1. The van der Waals surface area contributed by atoms with Gasteiger partial charge in [0.05, 0.1) is 5.56 Å². The van der Waals surface area contributed by atoms with Crippen LogP contribution < -0.4 is 0 Å². The predicted molar refractivity (Wildman–Crippen MR) is 57.8 cm³/mol. The SMILES string of the molecule is O=C(CN1C(=O)c2ccccc2S1(=O)=O)OCO. The zero-order valence-electron chi connectivity index (χ0n) is 9.07. The Hall–Kier alpha value is -1.93. The molecule has 0 spiro atoms. The number of hydrogen-bond donors (Lipinski definition) is 1. The van der Waals surface area contributed by atoms with Crippen molar-refractivity contribution in [2.75, 3.05) is 13.3 Å². The summed E-state index contributed by atoms with van der Waals surface area (Å²) in [7, 11) is -4.01. The van der Waals surface area contributed by atoms with E-state index in [1.54, 1.807) is 0 Å². The van der Waals surface area contributed by atoms with Gasteiger partial charge in [0.1, 0.15) is 11.4 Å². The van der Waals surface area contributed by atoms with E-state index >= 15 is 0 Å². The van der Waals surface area contributed by atoms with Gasteiger partial charge in [-0.2, -0.15) is 0 Å². The molecule has 1 amide bonds. The number of hydrogen-bond acceptors (Lipinski definition) is 6. The Bertz CT molecular complexity index is 609. The van der Waals surface area contributed by atoms with E-state index in [-0.39, 0.29) is 10.5 Å². The highest BCUT2D eigenvalue weighted by Crippen LogP contribution is 2.29. The van der Waals surface area contributed by atoms with Crippen LogP contribution in [0.4, 0.5) is 0 Å². The summed E-state index contributed by atoms with van der Waals surface area (Å²) in [5.41, 5.74) is 0.0225. The fraction of sp³-hybridized carbons (Fsp3) is 0.200. The van der Waals surface area contributed by atoms with Gasteiger partial charge in [-0.25, -0.2) is 12.7 Å².